The number of para-hydroxylation sites is 1. The van der Waals surface area contributed by atoms with Crippen molar-refractivity contribution in [3.8, 4) is 6.07 Å². The van der Waals surface area contributed by atoms with Crippen molar-refractivity contribution in [3.63, 3.8) is 0 Å². The lowest BCUT2D eigenvalue weighted by atomic mass is 10.1. The molecule has 2 rings (SSSR count). The first-order valence-electron chi connectivity index (χ1n) is 6.76. The summed E-state index contributed by atoms with van der Waals surface area (Å²) < 4.78 is 0. The van der Waals surface area contributed by atoms with Gasteiger partial charge < -0.3 is 10.2 Å². The van der Waals surface area contributed by atoms with E-state index in [2.05, 4.69) is 5.32 Å². The number of rotatable bonds is 3. The number of hydrogen-bond donors (Lipinski definition) is 1. The minimum absolute atomic E-state index is 0.0882. The van der Waals surface area contributed by atoms with Crippen molar-refractivity contribution in [2.24, 2.45) is 0 Å². The molecule has 1 saturated heterocycles. The molecule has 6 heteroatoms. The van der Waals surface area contributed by atoms with E-state index >= 15 is 0 Å². The van der Waals surface area contributed by atoms with E-state index in [1.807, 2.05) is 18.0 Å². The van der Waals surface area contributed by atoms with E-state index in [4.69, 9.17) is 5.26 Å². The first-order valence-corrected chi connectivity index (χ1v) is 6.76. The van der Waals surface area contributed by atoms with E-state index in [-0.39, 0.29) is 17.3 Å². The van der Waals surface area contributed by atoms with Crippen molar-refractivity contribution in [1.82, 2.24) is 5.32 Å². The number of nitrogens with zero attached hydrogens (tertiary/aromatic N) is 3. The van der Waals surface area contributed by atoms with Crippen LogP contribution in [0, 0.1) is 21.4 Å². The van der Waals surface area contributed by atoms with Gasteiger partial charge in [-0.2, -0.15) is 5.26 Å². The number of benzene rings is 1. The van der Waals surface area contributed by atoms with Gasteiger partial charge in [-0.05, 0) is 44.5 Å². The minimum Gasteiger partial charge on any atom is -0.366 e. The Labute approximate surface area is 118 Å². The summed E-state index contributed by atoms with van der Waals surface area (Å²) in [5, 5.41) is 23.6. The first kappa shape index (κ1) is 14.3. The highest BCUT2D eigenvalue weighted by Gasteiger charge is 2.26. The van der Waals surface area contributed by atoms with E-state index in [1.54, 1.807) is 12.1 Å². The summed E-state index contributed by atoms with van der Waals surface area (Å²) in [6.07, 6.45) is 3.00. The van der Waals surface area contributed by atoms with Crippen molar-refractivity contribution in [2.45, 2.75) is 25.3 Å². The summed E-state index contributed by atoms with van der Waals surface area (Å²) >= 11 is 0. The molecule has 20 heavy (non-hydrogen) atoms. The largest absolute Gasteiger partial charge is 0.366 e. The Kier molecular flexibility index (Phi) is 4.53. The monoisotopic (exact) mass is 274 g/mol. The summed E-state index contributed by atoms with van der Waals surface area (Å²) in [6.45, 7) is 1.91. The molecule has 1 heterocycles. The summed E-state index contributed by atoms with van der Waals surface area (Å²) in [6, 6.07) is 7.08. The summed E-state index contributed by atoms with van der Waals surface area (Å²) in [4.78, 5) is 12.8. The van der Waals surface area contributed by atoms with Gasteiger partial charge in [0.2, 0.25) is 0 Å². The third-order valence-electron chi connectivity index (χ3n) is 3.79. The summed E-state index contributed by atoms with van der Waals surface area (Å²) in [5.74, 6) is 0. The Bertz CT molecular complexity index is 530. The van der Waals surface area contributed by atoms with Gasteiger partial charge in [-0.1, -0.05) is 6.07 Å². The van der Waals surface area contributed by atoms with Gasteiger partial charge >= 0.3 is 5.69 Å². The maximum absolute atomic E-state index is 11.3. The molecule has 0 radical (unpaired) electrons. The maximum atomic E-state index is 11.3. The Morgan fingerprint density at radius 2 is 2.25 bits per heavy atom. The van der Waals surface area contributed by atoms with Crippen molar-refractivity contribution in [2.75, 3.05) is 25.0 Å². The molecule has 1 aliphatic heterocycles. The van der Waals surface area contributed by atoms with Gasteiger partial charge in [-0.3, -0.25) is 10.1 Å². The molecule has 0 spiro atoms. The standard InChI is InChI=1S/C14H18N4O2/c1-17(12-5-3-8-16-9-7-12)13-6-2-4-11(10-15)14(13)18(19)20/h2,4,6,12,16H,3,5,7-9H2,1H3. The molecule has 1 aromatic rings. The smallest absolute Gasteiger partial charge is 0.310 e. The van der Waals surface area contributed by atoms with E-state index in [0.29, 0.717) is 5.69 Å². The van der Waals surface area contributed by atoms with Crippen molar-refractivity contribution < 1.29 is 4.92 Å². The van der Waals surface area contributed by atoms with Crippen molar-refractivity contribution in [3.05, 3.63) is 33.9 Å². The Morgan fingerprint density at radius 1 is 1.45 bits per heavy atom. The molecule has 6 nitrogen and oxygen atoms in total. The lowest BCUT2D eigenvalue weighted by Crippen LogP contribution is -2.33. The zero-order valence-electron chi connectivity index (χ0n) is 11.5. The molecule has 1 fully saturated rings. The third kappa shape index (κ3) is 2.89. The van der Waals surface area contributed by atoms with Crippen molar-refractivity contribution >= 4 is 11.4 Å². The minimum atomic E-state index is -0.459. The second kappa shape index (κ2) is 6.35. The van der Waals surface area contributed by atoms with Crippen LogP contribution in [0.3, 0.4) is 0 Å². The predicted molar refractivity (Wildman–Crippen MR) is 76.7 cm³/mol. The molecule has 1 atom stereocenters. The van der Waals surface area contributed by atoms with Gasteiger partial charge in [0, 0.05) is 13.1 Å². The quantitative estimate of drug-likeness (QED) is 0.673. The molecule has 0 amide bonds. The van der Waals surface area contributed by atoms with Crippen LogP contribution >= 0.6 is 0 Å². The van der Waals surface area contributed by atoms with Crippen LogP contribution in [0.15, 0.2) is 18.2 Å². The van der Waals surface area contributed by atoms with E-state index in [0.717, 1.165) is 32.4 Å². The van der Waals surface area contributed by atoms with Gasteiger partial charge in [-0.15, -0.1) is 0 Å². The lowest BCUT2D eigenvalue weighted by molar-refractivity contribution is -0.384. The topological polar surface area (TPSA) is 82.2 Å². The molecule has 1 N–H and O–H groups in total. The molecule has 1 aromatic carbocycles. The molecule has 0 aromatic heterocycles. The van der Waals surface area contributed by atoms with Gasteiger partial charge in [0.25, 0.3) is 0 Å². The Morgan fingerprint density at radius 3 is 2.95 bits per heavy atom. The second-order valence-electron chi connectivity index (χ2n) is 4.99. The predicted octanol–water partition coefficient (Wildman–Crippen LogP) is 2.04. The second-order valence-corrected chi connectivity index (χ2v) is 4.99. The summed E-state index contributed by atoms with van der Waals surface area (Å²) in [7, 11) is 1.87. The van der Waals surface area contributed by atoms with E-state index in [9.17, 15) is 10.1 Å². The highest BCUT2D eigenvalue weighted by molar-refractivity contribution is 5.69. The number of anilines is 1. The molecule has 0 aliphatic carbocycles. The molecule has 1 unspecified atom stereocenters. The zero-order chi connectivity index (χ0) is 14.5. The molecular formula is C14H18N4O2. The fraction of sp³-hybridized carbons (Fsp3) is 0.500. The van der Waals surface area contributed by atoms with Gasteiger partial charge in [0.05, 0.1) is 4.92 Å². The Hall–Kier alpha value is -2.13. The fourth-order valence-corrected chi connectivity index (χ4v) is 2.68. The average molecular weight is 274 g/mol. The summed E-state index contributed by atoms with van der Waals surface area (Å²) in [5.41, 5.74) is 0.557. The Balaban J connectivity index is 2.36. The van der Waals surface area contributed by atoms with Crippen LogP contribution in [0.1, 0.15) is 24.8 Å². The van der Waals surface area contributed by atoms with Gasteiger partial charge in [-0.25, -0.2) is 0 Å². The normalized spacial score (nSPS) is 18.9. The lowest BCUT2D eigenvalue weighted by Gasteiger charge is -2.28. The average Bonchev–Trinajstić information content (AvgIpc) is 2.74. The van der Waals surface area contributed by atoms with Gasteiger partial charge in [0.1, 0.15) is 17.3 Å². The van der Waals surface area contributed by atoms with Crippen LogP contribution in [0.25, 0.3) is 0 Å². The van der Waals surface area contributed by atoms with Crippen LogP contribution in [0.2, 0.25) is 0 Å². The highest BCUT2D eigenvalue weighted by Crippen LogP contribution is 2.33. The number of nitriles is 1. The van der Waals surface area contributed by atoms with Crippen LogP contribution < -0.4 is 10.2 Å². The number of nitrogens with one attached hydrogen (secondary N) is 1. The van der Waals surface area contributed by atoms with Crippen LogP contribution in [-0.2, 0) is 0 Å². The number of nitro benzene ring substituents is 1. The molecule has 1 aliphatic rings. The maximum Gasteiger partial charge on any atom is 0.310 e. The van der Waals surface area contributed by atoms with E-state index < -0.39 is 4.92 Å². The zero-order valence-corrected chi connectivity index (χ0v) is 11.5. The van der Waals surface area contributed by atoms with Gasteiger partial charge in [0.15, 0.2) is 0 Å². The first-order chi connectivity index (χ1) is 9.65. The number of nitro groups is 1. The molecule has 0 bridgehead atoms. The molecule has 0 saturated carbocycles. The fourth-order valence-electron chi connectivity index (χ4n) is 2.68. The SMILES string of the molecule is CN(c1cccc(C#N)c1[N+](=O)[O-])C1CCCNCC1. The third-order valence-corrected chi connectivity index (χ3v) is 3.79. The van der Waals surface area contributed by atoms with Crippen LogP contribution in [0.4, 0.5) is 11.4 Å². The highest BCUT2D eigenvalue weighted by atomic mass is 16.6. The molecular weight excluding hydrogens is 256 g/mol. The number of hydrogen-bond acceptors (Lipinski definition) is 5. The van der Waals surface area contributed by atoms with Crippen LogP contribution in [0.5, 0.6) is 0 Å². The molecule has 106 valence electrons. The van der Waals surface area contributed by atoms with E-state index in [1.165, 1.54) is 6.07 Å². The van der Waals surface area contributed by atoms with Crippen LogP contribution in [-0.4, -0.2) is 31.1 Å². The van der Waals surface area contributed by atoms with Crippen molar-refractivity contribution in [1.29, 1.82) is 5.26 Å².